The minimum Gasteiger partial charge on any atom is -0.481 e. The number of carbonyl (C=O) groups is 1. The van der Waals surface area contributed by atoms with Crippen molar-refractivity contribution in [3.8, 4) is 0 Å². The molecule has 0 fully saturated rings. The fourth-order valence-corrected chi connectivity index (χ4v) is 1.75. The van der Waals surface area contributed by atoms with Crippen molar-refractivity contribution in [3.05, 3.63) is 39.7 Å². The molecule has 1 unspecified atom stereocenters. The Morgan fingerprint density at radius 2 is 2.16 bits per heavy atom. The largest absolute Gasteiger partial charge is 0.481 e. The zero-order valence-corrected chi connectivity index (χ0v) is 10.7. The molecule has 0 radical (unpaired) electrons. The zero-order valence-electron chi connectivity index (χ0n) is 10.7. The molecule has 0 aliphatic heterocycles. The van der Waals surface area contributed by atoms with E-state index < -0.39 is 22.6 Å². The lowest BCUT2D eigenvalue weighted by molar-refractivity contribution is -0.385. The molecule has 0 spiro atoms. The van der Waals surface area contributed by atoms with Crippen molar-refractivity contribution in [2.45, 2.75) is 13.5 Å². The van der Waals surface area contributed by atoms with E-state index >= 15 is 0 Å². The van der Waals surface area contributed by atoms with Crippen LogP contribution in [-0.2, 0) is 11.3 Å². The molecule has 1 aromatic rings. The number of halogens is 1. The molecule has 19 heavy (non-hydrogen) atoms. The first-order valence-electron chi connectivity index (χ1n) is 5.65. The minimum absolute atomic E-state index is 0.246. The van der Waals surface area contributed by atoms with Crippen molar-refractivity contribution >= 4 is 11.7 Å². The van der Waals surface area contributed by atoms with Gasteiger partial charge in [-0.2, -0.15) is 0 Å². The summed E-state index contributed by atoms with van der Waals surface area (Å²) in [6.45, 7) is 2.09. The van der Waals surface area contributed by atoms with Gasteiger partial charge < -0.3 is 10.0 Å². The van der Waals surface area contributed by atoms with Crippen LogP contribution in [-0.4, -0.2) is 34.5 Å². The van der Waals surface area contributed by atoms with E-state index in [0.717, 1.165) is 6.07 Å². The Labute approximate surface area is 109 Å². The highest BCUT2D eigenvalue weighted by molar-refractivity contribution is 5.69. The lowest BCUT2D eigenvalue weighted by atomic mass is 10.1. The van der Waals surface area contributed by atoms with Crippen molar-refractivity contribution in [1.29, 1.82) is 0 Å². The SMILES string of the molecule is CC(CN(C)Cc1cc(F)cc([N+](=O)[O-])c1)C(=O)O. The molecular formula is C12H15FN2O4. The third kappa shape index (κ3) is 4.63. The van der Waals surface area contributed by atoms with Crippen molar-refractivity contribution in [2.75, 3.05) is 13.6 Å². The highest BCUT2D eigenvalue weighted by atomic mass is 19.1. The van der Waals surface area contributed by atoms with Crippen molar-refractivity contribution < 1.29 is 19.2 Å². The molecule has 0 aliphatic rings. The summed E-state index contributed by atoms with van der Waals surface area (Å²) in [5, 5.41) is 19.4. The lowest BCUT2D eigenvalue weighted by Crippen LogP contribution is -2.28. The molecule has 1 atom stereocenters. The third-order valence-electron chi connectivity index (χ3n) is 2.61. The van der Waals surface area contributed by atoms with Gasteiger partial charge in [0.2, 0.25) is 0 Å². The Balaban J connectivity index is 2.76. The monoisotopic (exact) mass is 270 g/mol. The number of rotatable bonds is 6. The molecule has 7 heteroatoms. The Morgan fingerprint density at radius 3 is 2.68 bits per heavy atom. The van der Waals surface area contributed by atoms with Crippen LogP contribution in [0.1, 0.15) is 12.5 Å². The Morgan fingerprint density at radius 1 is 1.53 bits per heavy atom. The first-order chi connectivity index (χ1) is 8.79. The molecule has 1 aromatic carbocycles. The van der Waals surface area contributed by atoms with E-state index in [2.05, 4.69) is 0 Å². The van der Waals surface area contributed by atoms with Crippen LogP contribution in [0, 0.1) is 21.8 Å². The summed E-state index contributed by atoms with van der Waals surface area (Å²) in [4.78, 5) is 22.3. The van der Waals surface area contributed by atoms with Gasteiger partial charge in [0.1, 0.15) is 5.82 Å². The molecule has 0 saturated heterocycles. The molecule has 0 saturated carbocycles. The highest BCUT2D eigenvalue weighted by Gasteiger charge is 2.15. The van der Waals surface area contributed by atoms with Crippen LogP contribution in [0.5, 0.6) is 0 Å². The summed E-state index contributed by atoms with van der Waals surface area (Å²) < 4.78 is 13.2. The van der Waals surface area contributed by atoms with Gasteiger partial charge in [-0.15, -0.1) is 0 Å². The second-order valence-electron chi connectivity index (χ2n) is 4.51. The number of hydrogen-bond donors (Lipinski definition) is 1. The van der Waals surface area contributed by atoms with Gasteiger partial charge in [0.15, 0.2) is 0 Å². The summed E-state index contributed by atoms with van der Waals surface area (Å²) in [5.41, 5.74) is 0.126. The van der Waals surface area contributed by atoms with Crippen molar-refractivity contribution in [1.82, 2.24) is 4.90 Å². The number of nitro benzene ring substituents is 1. The normalized spacial score (nSPS) is 12.4. The molecule has 1 rings (SSSR count). The van der Waals surface area contributed by atoms with Gasteiger partial charge in [0.05, 0.1) is 16.9 Å². The molecule has 0 aromatic heterocycles. The second-order valence-corrected chi connectivity index (χ2v) is 4.51. The van der Waals surface area contributed by atoms with Gasteiger partial charge >= 0.3 is 5.97 Å². The fourth-order valence-electron chi connectivity index (χ4n) is 1.75. The number of aliphatic carboxylic acids is 1. The van der Waals surface area contributed by atoms with E-state index in [-0.39, 0.29) is 18.8 Å². The van der Waals surface area contributed by atoms with Crippen LogP contribution >= 0.6 is 0 Å². The molecule has 104 valence electrons. The van der Waals surface area contributed by atoms with Crippen molar-refractivity contribution in [3.63, 3.8) is 0 Å². The molecular weight excluding hydrogens is 255 g/mol. The molecule has 6 nitrogen and oxygen atoms in total. The number of benzene rings is 1. The summed E-state index contributed by atoms with van der Waals surface area (Å²) in [6.07, 6.45) is 0. The standard InChI is InChI=1S/C12H15FN2O4/c1-8(12(16)17)6-14(2)7-9-3-10(13)5-11(4-9)15(18)19/h3-5,8H,6-7H2,1-2H3,(H,16,17). The maximum atomic E-state index is 13.2. The topological polar surface area (TPSA) is 83.7 Å². The molecule has 0 amide bonds. The highest BCUT2D eigenvalue weighted by Crippen LogP contribution is 2.17. The second kappa shape index (κ2) is 6.24. The maximum absolute atomic E-state index is 13.2. The van der Waals surface area contributed by atoms with Gasteiger partial charge in [0.25, 0.3) is 5.69 Å². The molecule has 1 N–H and O–H groups in total. The molecule has 0 heterocycles. The van der Waals surface area contributed by atoms with Gasteiger partial charge in [0, 0.05) is 19.2 Å². The van der Waals surface area contributed by atoms with Gasteiger partial charge in [-0.1, -0.05) is 6.92 Å². The van der Waals surface area contributed by atoms with Gasteiger partial charge in [-0.3, -0.25) is 14.9 Å². The average Bonchev–Trinajstić information content (AvgIpc) is 2.27. The summed E-state index contributed by atoms with van der Waals surface area (Å²) in [6, 6.07) is 3.34. The first-order valence-corrected chi connectivity index (χ1v) is 5.65. The number of non-ortho nitro benzene ring substituents is 1. The predicted molar refractivity (Wildman–Crippen MR) is 66.2 cm³/mol. The fraction of sp³-hybridized carbons (Fsp3) is 0.417. The van der Waals surface area contributed by atoms with Crippen molar-refractivity contribution in [2.24, 2.45) is 5.92 Å². The van der Waals surface area contributed by atoms with Crippen LogP contribution in [0.3, 0.4) is 0 Å². The molecule has 0 aliphatic carbocycles. The van der Waals surface area contributed by atoms with E-state index in [1.54, 1.807) is 18.9 Å². The van der Waals surface area contributed by atoms with Crippen LogP contribution in [0.2, 0.25) is 0 Å². The first kappa shape index (κ1) is 15.0. The summed E-state index contributed by atoms with van der Waals surface area (Å²) in [7, 11) is 1.68. The van der Waals surface area contributed by atoms with Gasteiger partial charge in [-0.05, 0) is 18.7 Å². The van der Waals surface area contributed by atoms with Crippen LogP contribution < -0.4 is 0 Å². The van der Waals surface area contributed by atoms with E-state index in [9.17, 15) is 19.3 Å². The maximum Gasteiger partial charge on any atom is 0.307 e. The quantitative estimate of drug-likeness (QED) is 0.630. The third-order valence-corrected chi connectivity index (χ3v) is 2.61. The number of nitro groups is 1. The van der Waals surface area contributed by atoms with E-state index in [0.29, 0.717) is 5.56 Å². The summed E-state index contributed by atoms with van der Waals surface area (Å²) >= 11 is 0. The Kier molecular flexibility index (Phi) is 4.94. The van der Waals surface area contributed by atoms with E-state index in [1.165, 1.54) is 12.1 Å². The van der Waals surface area contributed by atoms with E-state index in [4.69, 9.17) is 5.11 Å². The Hall–Kier alpha value is -2.02. The average molecular weight is 270 g/mol. The van der Waals surface area contributed by atoms with Crippen LogP contribution in [0.15, 0.2) is 18.2 Å². The minimum atomic E-state index is -0.919. The number of hydrogen-bond acceptors (Lipinski definition) is 4. The Bertz CT molecular complexity index is 493. The van der Waals surface area contributed by atoms with Crippen LogP contribution in [0.4, 0.5) is 10.1 Å². The van der Waals surface area contributed by atoms with E-state index in [1.807, 2.05) is 0 Å². The van der Waals surface area contributed by atoms with Gasteiger partial charge in [-0.25, -0.2) is 4.39 Å². The zero-order chi connectivity index (χ0) is 14.6. The number of carboxylic acid groups (broad SMARTS) is 1. The molecule has 0 bridgehead atoms. The predicted octanol–water partition coefficient (Wildman–Crippen LogP) is 1.89. The van der Waals surface area contributed by atoms with Crippen LogP contribution in [0.25, 0.3) is 0 Å². The summed E-state index contributed by atoms with van der Waals surface area (Å²) in [5.74, 6) is -2.16. The number of carboxylic acids is 1. The number of nitrogens with zero attached hydrogens (tertiary/aromatic N) is 2. The lowest BCUT2D eigenvalue weighted by Gasteiger charge is -2.18. The smallest absolute Gasteiger partial charge is 0.307 e.